The molecule has 1 rings (SSSR count). The molecule has 1 atom stereocenters. The molecule has 0 radical (unpaired) electrons. The van der Waals surface area contributed by atoms with E-state index in [1.807, 2.05) is 6.26 Å². The predicted molar refractivity (Wildman–Crippen MR) is 63.4 cm³/mol. The second-order valence-corrected chi connectivity index (χ2v) is 4.25. The first-order valence-corrected chi connectivity index (χ1v) is 6.13. The zero-order valence-corrected chi connectivity index (χ0v) is 9.46. The van der Waals surface area contributed by atoms with E-state index in [4.69, 9.17) is 5.73 Å². The molecule has 1 aromatic carbocycles. The van der Waals surface area contributed by atoms with Gasteiger partial charge in [0, 0.05) is 0 Å². The van der Waals surface area contributed by atoms with Gasteiger partial charge in [-0.05, 0) is 30.6 Å². The van der Waals surface area contributed by atoms with Gasteiger partial charge in [0.25, 0.3) is 0 Å². The van der Waals surface area contributed by atoms with E-state index < -0.39 is 6.04 Å². The first-order chi connectivity index (χ1) is 7.16. The number of carbonyl (C=O) groups is 1. The van der Waals surface area contributed by atoms with Gasteiger partial charge in [0.2, 0.25) is 0 Å². The summed E-state index contributed by atoms with van der Waals surface area (Å²) < 4.78 is 0. The standard InChI is InChI=1S/C11H15NO2S/c1-15-7-6-9(12)11(14)8-4-2-3-5-10(8)13/h2-5,9,13H,6-7,12H2,1H3/t9-/m0/s1. The van der Waals surface area contributed by atoms with Crippen molar-refractivity contribution < 1.29 is 9.90 Å². The van der Waals surface area contributed by atoms with Gasteiger partial charge < -0.3 is 10.8 Å². The maximum absolute atomic E-state index is 11.8. The maximum Gasteiger partial charge on any atom is 0.183 e. The van der Waals surface area contributed by atoms with Crippen LogP contribution in [0, 0.1) is 0 Å². The molecule has 3 nitrogen and oxygen atoms in total. The maximum atomic E-state index is 11.8. The SMILES string of the molecule is CSCC[C@H](N)C(=O)c1ccccc1O. The van der Waals surface area contributed by atoms with Gasteiger partial charge in [-0.3, -0.25) is 4.79 Å². The Hall–Kier alpha value is -1.00. The van der Waals surface area contributed by atoms with Crippen molar-refractivity contribution in [2.24, 2.45) is 5.73 Å². The summed E-state index contributed by atoms with van der Waals surface area (Å²) in [5, 5.41) is 9.47. The van der Waals surface area contributed by atoms with E-state index in [2.05, 4.69) is 0 Å². The summed E-state index contributed by atoms with van der Waals surface area (Å²) in [6, 6.07) is 5.96. The summed E-state index contributed by atoms with van der Waals surface area (Å²) in [6.07, 6.45) is 2.60. The number of rotatable bonds is 5. The first kappa shape index (κ1) is 12.1. The van der Waals surface area contributed by atoms with Gasteiger partial charge >= 0.3 is 0 Å². The number of nitrogens with two attached hydrogens (primary N) is 1. The fourth-order valence-electron chi connectivity index (χ4n) is 1.26. The fraction of sp³-hybridized carbons (Fsp3) is 0.364. The summed E-state index contributed by atoms with van der Waals surface area (Å²) in [4.78, 5) is 11.8. The lowest BCUT2D eigenvalue weighted by Crippen LogP contribution is -2.31. The third kappa shape index (κ3) is 3.25. The van der Waals surface area contributed by atoms with Crippen LogP contribution in [0.5, 0.6) is 5.75 Å². The monoisotopic (exact) mass is 225 g/mol. The lowest BCUT2D eigenvalue weighted by Gasteiger charge is -2.10. The Morgan fingerprint density at radius 1 is 1.53 bits per heavy atom. The van der Waals surface area contributed by atoms with Crippen molar-refractivity contribution in [2.45, 2.75) is 12.5 Å². The number of benzene rings is 1. The average Bonchev–Trinajstić information content (AvgIpc) is 2.25. The Labute approximate surface area is 93.7 Å². The average molecular weight is 225 g/mol. The molecule has 15 heavy (non-hydrogen) atoms. The number of thioether (sulfide) groups is 1. The van der Waals surface area contributed by atoms with Crippen LogP contribution in [0.25, 0.3) is 0 Å². The highest BCUT2D eigenvalue weighted by Crippen LogP contribution is 2.18. The Balaban J connectivity index is 2.72. The minimum Gasteiger partial charge on any atom is -0.507 e. The van der Waals surface area contributed by atoms with E-state index in [0.717, 1.165) is 5.75 Å². The molecule has 3 N–H and O–H groups in total. The van der Waals surface area contributed by atoms with E-state index in [9.17, 15) is 9.90 Å². The van der Waals surface area contributed by atoms with Gasteiger partial charge in [0.05, 0.1) is 11.6 Å². The number of phenolic OH excluding ortho intramolecular Hbond substituents is 1. The van der Waals surface area contributed by atoms with Crippen molar-refractivity contribution in [3.05, 3.63) is 29.8 Å². The van der Waals surface area contributed by atoms with Gasteiger partial charge in [0.15, 0.2) is 5.78 Å². The van der Waals surface area contributed by atoms with Crippen LogP contribution in [0.4, 0.5) is 0 Å². The fourth-order valence-corrected chi connectivity index (χ4v) is 1.75. The van der Waals surface area contributed by atoms with Crippen LogP contribution in [-0.4, -0.2) is 28.9 Å². The highest BCUT2D eigenvalue weighted by molar-refractivity contribution is 7.98. The Kier molecular flexibility index (Phi) is 4.65. The second kappa shape index (κ2) is 5.78. The summed E-state index contributed by atoms with van der Waals surface area (Å²) in [5.74, 6) is 0.657. The van der Waals surface area contributed by atoms with Gasteiger partial charge in [-0.15, -0.1) is 0 Å². The molecular weight excluding hydrogens is 210 g/mol. The molecule has 4 heteroatoms. The smallest absolute Gasteiger partial charge is 0.183 e. The summed E-state index contributed by atoms with van der Waals surface area (Å²) in [6.45, 7) is 0. The Bertz CT molecular complexity index is 341. The van der Waals surface area contributed by atoms with Crippen molar-refractivity contribution >= 4 is 17.5 Å². The zero-order valence-electron chi connectivity index (χ0n) is 8.64. The molecule has 82 valence electrons. The summed E-state index contributed by atoms with van der Waals surface area (Å²) in [7, 11) is 0. The molecule has 0 saturated carbocycles. The number of carbonyl (C=O) groups excluding carboxylic acids is 1. The van der Waals surface area contributed by atoms with E-state index >= 15 is 0 Å². The van der Waals surface area contributed by atoms with Crippen LogP contribution in [0.3, 0.4) is 0 Å². The van der Waals surface area contributed by atoms with Crippen LogP contribution in [0.2, 0.25) is 0 Å². The third-order valence-corrected chi connectivity index (χ3v) is 2.78. The quantitative estimate of drug-likeness (QED) is 0.748. The summed E-state index contributed by atoms with van der Waals surface area (Å²) >= 11 is 1.65. The molecule has 0 fully saturated rings. The van der Waals surface area contributed by atoms with Crippen molar-refractivity contribution in [3.8, 4) is 5.75 Å². The molecule has 0 bridgehead atoms. The van der Waals surface area contributed by atoms with Gasteiger partial charge in [-0.2, -0.15) is 11.8 Å². The molecule has 0 saturated heterocycles. The first-order valence-electron chi connectivity index (χ1n) is 4.73. The van der Waals surface area contributed by atoms with Gasteiger partial charge in [-0.25, -0.2) is 0 Å². The van der Waals surface area contributed by atoms with E-state index in [1.54, 1.807) is 30.0 Å². The number of aromatic hydroxyl groups is 1. The van der Waals surface area contributed by atoms with Gasteiger partial charge in [-0.1, -0.05) is 12.1 Å². The van der Waals surface area contributed by atoms with Crippen molar-refractivity contribution in [1.29, 1.82) is 0 Å². The lowest BCUT2D eigenvalue weighted by molar-refractivity contribution is 0.0957. The Morgan fingerprint density at radius 3 is 2.80 bits per heavy atom. The number of hydrogen-bond acceptors (Lipinski definition) is 4. The molecular formula is C11H15NO2S. The minimum absolute atomic E-state index is 0.00195. The van der Waals surface area contributed by atoms with Gasteiger partial charge in [0.1, 0.15) is 5.75 Å². The molecule has 0 heterocycles. The van der Waals surface area contributed by atoms with Crippen LogP contribution < -0.4 is 5.73 Å². The molecule has 0 aliphatic carbocycles. The van der Waals surface area contributed by atoms with Crippen LogP contribution in [0.1, 0.15) is 16.8 Å². The van der Waals surface area contributed by atoms with Crippen molar-refractivity contribution in [2.75, 3.05) is 12.0 Å². The van der Waals surface area contributed by atoms with Crippen LogP contribution >= 0.6 is 11.8 Å². The minimum atomic E-state index is -0.522. The molecule has 0 aromatic heterocycles. The second-order valence-electron chi connectivity index (χ2n) is 3.27. The Morgan fingerprint density at radius 2 is 2.20 bits per heavy atom. The van der Waals surface area contributed by atoms with Crippen LogP contribution in [0.15, 0.2) is 24.3 Å². The highest BCUT2D eigenvalue weighted by Gasteiger charge is 2.17. The largest absolute Gasteiger partial charge is 0.507 e. The molecule has 0 spiro atoms. The van der Waals surface area contributed by atoms with Crippen LogP contribution in [-0.2, 0) is 0 Å². The van der Waals surface area contributed by atoms with E-state index in [0.29, 0.717) is 12.0 Å². The molecule has 0 amide bonds. The third-order valence-electron chi connectivity index (χ3n) is 2.14. The number of phenols is 1. The number of ketones is 1. The molecule has 0 unspecified atom stereocenters. The predicted octanol–water partition coefficient (Wildman–Crippen LogP) is 1.66. The topological polar surface area (TPSA) is 63.3 Å². The van der Waals surface area contributed by atoms with Crippen molar-refractivity contribution in [1.82, 2.24) is 0 Å². The highest BCUT2D eigenvalue weighted by atomic mass is 32.2. The summed E-state index contributed by atoms with van der Waals surface area (Å²) in [5.41, 5.74) is 6.04. The molecule has 0 aliphatic rings. The molecule has 1 aromatic rings. The van der Waals surface area contributed by atoms with E-state index in [-0.39, 0.29) is 11.5 Å². The lowest BCUT2D eigenvalue weighted by atomic mass is 10.0. The molecule has 0 aliphatic heterocycles. The number of para-hydroxylation sites is 1. The normalized spacial score (nSPS) is 12.4. The van der Waals surface area contributed by atoms with E-state index in [1.165, 1.54) is 6.07 Å². The zero-order chi connectivity index (χ0) is 11.3. The number of Topliss-reactive ketones (excluding diaryl/α,β-unsaturated/α-hetero) is 1. The number of hydrogen-bond donors (Lipinski definition) is 2. The van der Waals surface area contributed by atoms with Crippen molar-refractivity contribution in [3.63, 3.8) is 0 Å².